The molecule has 1 N–H and O–H groups in total. The summed E-state index contributed by atoms with van der Waals surface area (Å²) in [5, 5.41) is 3.40. The second-order valence-corrected chi connectivity index (χ2v) is 6.57. The number of benzene rings is 1. The van der Waals surface area contributed by atoms with Crippen molar-refractivity contribution in [2.75, 3.05) is 18.8 Å². The number of carbonyl (C=O) groups is 1. The second kappa shape index (κ2) is 8.44. The van der Waals surface area contributed by atoms with Crippen molar-refractivity contribution in [2.45, 2.75) is 50.6 Å². The number of hydrogen-bond donors (Lipinski definition) is 1. The van der Waals surface area contributed by atoms with Crippen LogP contribution in [0.5, 0.6) is 0 Å². The fraction of sp³-hybridized carbons (Fsp3) is 0.588. The smallest absolute Gasteiger partial charge is 0.233 e. The molecule has 0 heterocycles. The minimum absolute atomic E-state index is 0.277. The van der Waals surface area contributed by atoms with E-state index in [0.29, 0.717) is 11.8 Å². The number of carbonyl (C=O) groups excluding carboxylic acids is 1. The molecule has 0 saturated heterocycles. The van der Waals surface area contributed by atoms with E-state index in [2.05, 4.69) is 43.4 Å². The topological polar surface area (TPSA) is 32.3 Å². The van der Waals surface area contributed by atoms with Gasteiger partial charge in [-0.3, -0.25) is 4.79 Å². The van der Waals surface area contributed by atoms with Crippen molar-refractivity contribution >= 4 is 17.7 Å². The largest absolute Gasteiger partial charge is 0.339 e. The Morgan fingerprint density at radius 2 is 2.00 bits per heavy atom. The van der Waals surface area contributed by atoms with E-state index in [1.54, 1.807) is 11.8 Å². The van der Waals surface area contributed by atoms with Crippen LogP contribution in [0.4, 0.5) is 0 Å². The predicted molar refractivity (Wildman–Crippen MR) is 89.6 cm³/mol. The van der Waals surface area contributed by atoms with Crippen molar-refractivity contribution in [3.05, 3.63) is 29.8 Å². The van der Waals surface area contributed by atoms with Gasteiger partial charge in [0.25, 0.3) is 0 Å². The van der Waals surface area contributed by atoms with Crippen LogP contribution in [0.15, 0.2) is 29.2 Å². The first-order chi connectivity index (χ1) is 10.2. The molecule has 1 amide bonds. The summed E-state index contributed by atoms with van der Waals surface area (Å²) in [5.41, 5.74) is 1.30. The van der Waals surface area contributed by atoms with E-state index in [-0.39, 0.29) is 5.91 Å². The minimum atomic E-state index is 0.277. The van der Waals surface area contributed by atoms with Crippen LogP contribution in [-0.4, -0.2) is 35.7 Å². The predicted octanol–water partition coefficient (Wildman–Crippen LogP) is 3.29. The monoisotopic (exact) mass is 306 g/mol. The molecule has 1 aromatic carbocycles. The lowest BCUT2D eigenvalue weighted by atomic mass is 10.2. The normalized spacial score (nSPS) is 14.2. The molecule has 0 bridgehead atoms. The molecule has 0 spiro atoms. The number of amides is 1. The Kier molecular flexibility index (Phi) is 6.58. The van der Waals surface area contributed by atoms with Gasteiger partial charge in [0, 0.05) is 24.0 Å². The average molecular weight is 306 g/mol. The maximum atomic E-state index is 12.2. The fourth-order valence-corrected chi connectivity index (χ4v) is 3.15. The van der Waals surface area contributed by atoms with Crippen molar-refractivity contribution in [1.29, 1.82) is 0 Å². The number of nitrogens with one attached hydrogen (secondary N) is 1. The summed E-state index contributed by atoms with van der Waals surface area (Å²) in [4.78, 5) is 15.4. The molecule has 21 heavy (non-hydrogen) atoms. The third-order valence-electron chi connectivity index (χ3n) is 3.69. The lowest BCUT2D eigenvalue weighted by Gasteiger charge is -2.20. The fourth-order valence-electron chi connectivity index (χ4n) is 2.37. The Bertz CT molecular complexity index is 443. The lowest BCUT2D eigenvalue weighted by Crippen LogP contribution is -2.34. The van der Waals surface area contributed by atoms with Crippen molar-refractivity contribution in [3.63, 3.8) is 0 Å². The molecule has 0 unspecified atom stereocenters. The molecule has 3 nitrogen and oxygen atoms in total. The molecule has 0 radical (unpaired) electrons. The van der Waals surface area contributed by atoms with E-state index in [9.17, 15) is 4.79 Å². The summed E-state index contributed by atoms with van der Waals surface area (Å²) < 4.78 is 0. The van der Waals surface area contributed by atoms with Crippen LogP contribution in [0.2, 0.25) is 0 Å². The third-order valence-corrected chi connectivity index (χ3v) is 4.69. The van der Waals surface area contributed by atoms with Gasteiger partial charge in [-0.25, -0.2) is 0 Å². The zero-order valence-electron chi connectivity index (χ0n) is 13.1. The second-order valence-electron chi connectivity index (χ2n) is 5.52. The van der Waals surface area contributed by atoms with Crippen LogP contribution in [0, 0.1) is 0 Å². The first kappa shape index (κ1) is 16.4. The molecule has 1 fully saturated rings. The highest BCUT2D eigenvalue weighted by atomic mass is 32.2. The highest BCUT2D eigenvalue weighted by Gasteiger charge is 2.30. The third kappa shape index (κ3) is 5.36. The van der Waals surface area contributed by atoms with Crippen LogP contribution in [0.3, 0.4) is 0 Å². The Morgan fingerprint density at radius 1 is 1.29 bits per heavy atom. The van der Waals surface area contributed by atoms with E-state index in [4.69, 9.17) is 0 Å². The number of nitrogens with zero attached hydrogens (tertiary/aromatic N) is 1. The van der Waals surface area contributed by atoms with Crippen molar-refractivity contribution < 1.29 is 4.79 Å². The molecule has 1 aromatic rings. The van der Waals surface area contributed by atoms with Crippen LogP contribution in [0.25, 0.3) is 0 Å². The Hall–Kier alpha value is -1.00. The Morgan fingerprint density at radius 3 is 2.57 bits per heavy atom. The van der Waals surface area contributed by atoms with Crippen molar-refractivity contribution in [1.82, 2.24) is 10.2 Å². The van der Waals surface area contributed by atoms with Gasteiger partial charge in [-0.15, -0.1) is 11.8 Å². The quantitative estimate of drug-likeness (QED) is 0.561. The number of hydrogen-bond acceptors (Lipinski definition) is 3. The standard InChI is InChI=1S/C17H26N2OS/c1-3-11-18-12-14-5-9-16(10-6-14)21-13-17(20)19(4-2)15-7-8-15/h5-6,9-10,15,18H,3-4,7-8,11-13H2,1-2H3. The van der Waals surface area contributed by atoms with Crippen LogP contribution in [0.1, 0.15) is 38.7 Å². The van der Waals surface area contributed by atoms with Crippen molar-refractivity contribution in [2.24, 2.45) is 0 Å². The maximum absolute atomic E-state index is 12.2. The Labute approximate surface area is 132 Å². The molecule has 1 aliphatic carbocycles. The number of rotatable bonds is 9. The first-order valence-corrected chi connectivity index (χ1v) is 8.95. The van der Waals surface area contributed by atoms with Gasteiger partial charge in [0.05, 0.1) is 5.75 Å². The molecule has 1 aliphatic rings. The number of thioether (sulfide) groups is 1. The highest BCUT2D eigenvalue weighted by Crippen LogP contribution is 2.28. The van der Waals surface area contributed by atoms with E-state index in [1.165, 1.54) is 23.3 Å². The van der Waals surface area contributed by atoms with Gasteiger partial charge in [-0.05, 0) is 50.4 Å². The van der Waals surface area contributed by atoms with E-state index < -0.39 is 0 Å². The lowest BCUT2D eigenvalue weighted by molar-refractivity contribution is -0.128. The van der Waals surface area contributed by atoms with E-state index in [0.717, 1.165) is 26.1 Å². The summed E-state index contributed by atoms with van der Waals surface area (Å²) in [6.45, 7) is 7.05. The summed E-state index contributed by atoms with van der Waals surface area (Å²) in [5.74, 6) is 0.830. The summed E-state index contributed by atoms with van der Waals surface area (Å²) in [6, 6.07) is 9.06. The molecule has 0 atom stereocenters. The van der Waals surface area contributed by atoms with Crippen LogP contribution >= 0.6 is 11.8 Å². The van der Waals surface area contributed by atoms with Gasteiger partial charge in [-0.2, -0.15) is 0 Å². The first-order valence-electron chi connectivity index (χ1n) is 7.96. The van der Waals surface area contributed by atoms with Crippen LogP contribution in [-0.2, 0) is 11.3 Å². The average Bonchev–Trinajstić information content (AvgIpc) is 3.32. The molecule has 2 rings (SSSR count). The van der Waals surface area contributed by atoms with Crippen LogP contribution < -0.4 is 5.32 Å². The SMILES string of the molecule is CCCNCc1ccc(SCC(=O)N(CC)C2CC2)cc1. The van der Waals surface area contributed by atoms with Gasteiger partial charge >= 0.3 is 0 Å². The molecule has 0 aromatic heterocycles. The summed E-state index contributed by atoms with van der Waals surface area (Å²) >= 11 is 1.64. The molecule has 0 aliphatic heterocycles. The summed E-state index contributed by atoms with van der Waals surface area (Å²) in [7, 11) is 0. The molecule has 116 valence electrons. The maximum Gasteiger partial charge on any atom is 0.233 e. The van der Waals surface area contributed by atoms with Crippen molar-refractivity contribution in [3.8, 4) is 0 Å². The van der Waals surface area contributed by atoms with E-state index in [1.807, 2.05) is 4.90 Å². The van der Waals surface area contributed by atoms with Gasteiger partial charge < -0.3 is 10.2 Å². The van der Waals surface area contributed by atoms with E-state index >= 15 is 0 Å². The molecule has 4 heteroatoms. The van der Waals surface area contributed by atoms with Gasteiger partial charge in [0.15, 0.2) is 0 Å². The highest BCUT2D eigenvalue weighted by molar-refractivity contribution is 8.00. The molecular formula is C17H26N2OS. The van der Waals surface area contributed by atoms with Gasteiger partial charge in [0.1, 0.15) is 0 Å². The zero-order valence-corrected chi connectivity index (χ0v) is 13.9. The summed E-state index contributed by atoms with van der Waals surface area (Å²) in [6.07, 6.45) is 3.53. The van der Waals surface area contributed by atoms with Gasteiger partial charge in [0.2, 0.25) is 5.91 Å². The van der Waals surface area contributed by atoms with Gasteiger partial charge in [-0.1, -0.05) is 19.1 Å². The molecular weight excluding hydrogens is 280 g/mol. The zero-order chi connectivity index (χ0) is 15.1. The minimum Gasteiger partial charge on any atom is -0.339 e. The Balaban J connectivity index is 1.76. The molecule has 1 saturated carbocycles.